The van der Waals surface area contributed by atoms with E-state index in [1.54, 1.807) is 15.9 Å². The normalized spacial score (nSPS) is 41.2. The van der Waals surface area contributed by atoms with E-state index in [2.05, 4.69) is 0 Å². The lowest BCUT2D eigenvalue weighted by atomic mass is 9.83. The van der Waals surface area contributed by atoms with Crippen molar-refractivity contribution in [1.82, 2.24) is 0 Å². The van der Waals surface area contributed by atoms with Crippen molar-refractivity contribution in [2.24, 2.45) is 17.8 Å². The van der Waals surface area contributed by atoms with Gasteiger partial charge in [-0.3, -0.25) is 0 Å². The van der Waals surface area contributed by atoms with Crippen LogP contribution < -0.4 is 0 Å². The van der Waals surface area contributed by atoms with Crippen LogP contribution in [0.2, 0.25) is 0 Å². The molecule has 0 saturated heterocycles. The molecule has 15 heavy (non-hydrogen) atoms. The van der Waals surface area contributed by atoms with Gasteiger partial charge in [-0.15, -0.1) is 0 Å². The maximum atomic E-state index is 13.3. The second-order valence-corrected chi connectivity index (χ2v) is 5.52. The minimum Gasteiger partial charge on any atom is -0.393 e. The van der Waals surface area contributed by atoms with E-state index in [9.17, 15) is 22.7 Å². The molecule has 4 atom stereocenters. The second kappa shape index (κ2) is 3.32. The zero-order valence-corrected chi connectivity index (χ0v) is 9.35. The molecule has 0 aromatic rings. The fourth-order valence-corrected chi connectivity index (χ4v) is 3.19. The molecule has 0 heterocycles. The Balaban J connectivity index is 2.15. The van der Waals surface area contributed by atoms with Crippen LogP contribution >= 0.6 is 15.9 Å². The average molecular weight is 291 g/mol. The van der Waals surface area contributed by atoms with E-state index in [0.717, 1.165) is 0 Å². The van der Waals surface area contributed by atoms with Gasteiger partial charge in [-0.1, -0.05) is 0 Å². The number of hydrogen-bond donors (Lipinski definition) is 1. The molecule has 6 heteroatoms. The fraction of sp³-hybridized carbons (Fsp3) is 1.00. The lowest BCUT2D eigenvalue weighted by Crippen LogP contribution is -2.45. The van der Waals surface area contributed by atoms with Gasteiger partial charge in [0.1, 0.15) is 0 Å². The molecule has 2 saturated carbocycles. The number of aliphatic hydroxyl groups is 1. The summed E-state index contributed by atoms with van der Waals surface area (Å²) in [5, 5.41) is 9.36. The predicted molar refractivity (Wildman–Crippen MR) is 49.1 cm³/mol. The first-order valence-electron chi connectivity index (χ1n) is 4.86. The molecule has 4 unspecified atom stereocenters. The third-order valence-corrected chi connectivity index (χ3v) is 4.19. The van der Waals surface area contributed by atoms with Crippen molar-refractivity contribution >= 4 is 15.9 Å². The van der Waals surface area contributed by atoms with Crippen LogP contribution in [-0.4, -0.2) is 22.0 Å². The smallest absolute Gasteiger partial charge is 0.363 e. The molecule has 0 aliphatic heterocycles. The van der Waals surface area contributed by atoms with Crippen LogP contribution in [0.5, 0.6) is 0 Å². The molecule has 2 fully saturated rings. The Labute approximate surface area is 93.0 Å². The topological polar surface area (TPSA) is 20.2 Å². The summed E-state index contributed by atoms with van der Waals surface area (Å²) >= 11 is 1.75. The molecule has 0 spiro atoms. The molecule has 2 bridgehead atoms. The van der Waals surface area contributed by atoms with Gasteiger partial charge in [-0.25, -0.2) is 0 Å². The number of aliphatic hydroxyl groups excluding tert-OH is 1. The third kappa shape index (κ3) is 1.69. The Bertz CT molecular complexity index is 263. The number of fused-ring (bicyclic) bond motifs is 2. The van der Waals surface area contributed by atoms with Crippen LogP contribution in [0.4, 0.5) is 17.6 Å². The van der Waals surface area contributed by atoms with Gasteiger partial charge in [-0.05, 0) is 47.0 Å². The first-order valence-corrected chi connectivity index (χ1v) is 5.65. The van der Waals surface area contributed by atoms with E-state index in [4.69, 9.17) is 0 Å². The Morgan fingerprint density at radius 1 is 1.00 bits per heavy atom. The van der Waals surface area contributed by atoms with E-state index < -0.39 is 28.7 Å². The summed E-state index contributed by atoms with van der Waals surface area (Å²) < 4.78 is 52.0. The third-order valence-electron chi connectivity index (χ3n) is 3.66. The number of hydrogen-bond acceptors (Lipinski definition) is 1. The fourth-order valence-electron chi connectivity index (χ4n) is 2.90. The number of halogens is 5. The molecule has 2 rings (SSSR count). The van der Waals surface area contributed by atoms with Crippen molar-refractivity contribution in [2.45, 2.75) is 36.1 Å². The van der Waals surface area contributed by atoms with Crippen LogP contribution in [0.3, 0.4) is 0 Å². The average Bonchev–Trinajstić information content (AvgIpc) is 2.59. The largest absolute Gasteiger partial charge is 0.393 e. The predicted octanol–water partition coefficient (Wildman–Crippen LogP) is 3.02. The Morgan fingerprint density at radius 2 is 1.60 bits per heavy atom. The molecule has 0 amide bonds. The molecular weight excluding hydrogens is 280 g/mol. The van der Waals surface area contributed by atoms with Gasteiger partial charge in [0.2, 0.25) is 0 Å². The first-order chi connectivity index (χ1) is 6.73. The summed E-state index contributed by atoms with van der Waals surface area (Å²) in [5.74, 6) is -6.02. The molecule has 0 radical (unpaired) electrons. The van der Waals surface area contributed by atoms with E-state index in [-0.39, 0.29) is 18.8 Å². The van der Waals surface area contributed by atoms with Crippen LogP contribution in [-0.2, 0) is 0 Å². The van der Waals surface area contributed by atoms with Crippen molar-refractivity contribution < 1.29 is 22.7 Å². The van der Waals surface area contributed by atoms with Gasteiger partial charge in [0.25, 0.3) is 0 Å². The molecule has 0 aromatic carbocycles. The zero-order chi connectivity index (χ0) is 11.4. The number of rotatable bonds is 2. The van der Waals surface area contributed by atoms with E-state index in [0.29, 0.717) is 6.42 Å². The summed E-state index contributed by atoms with van der Waals surface area (Å²) in [6.45, 7) is 0. The molecular formula is C9H11BrF4O. The summed E-state index contributed by atoms with van der Waals surface area (Å²) in [4.78, 5) is -4.15. The van der Waals surface area contributed by atoms with Crippen molar-refractivity contribution in [3.8, 4) is 0 Å². The molecule has 0 aromatic heterocycles. The lowest BCUT2D eigenvalue weighted by Gasteiger charge is -2.33. The highest BCUT2D eigenvalue weighted by Gasteiger charge is 2.65. The van der Waals surface area contributed by atoms with Gasteiger partial charge in [0, 0.05) is 5.92 Å². The van der Waals surface area contributed by atoms with E-state index in [1.807, 2.05) is 0 Å². The maximum absolute atomic E-state index is 13.3. The standard InChI is InChI=1S/C9H11BrF4O/c10-9(13,14)8(11,12)6-2-5-1-4(6)3-7(5)15/h4-7,15H,1-3H2. The van der Waals surface area contributed by atoms with E-state index in [1.165, 1.54) is 0 Å². The van der Waals surface area contributed by atoms with Gasteiger partial charge >= 0.3 is 10.8 Å². The Kier molecular flexibility index (Phi) is 2.58. The SMILES string of the molecule is OC1CC2CC1CC2C(F)(F)C(F)(F)Br. The highest BCUT2D eigenvalue weighted by molar-refractivity contribution is 9.10. The van der Waals surface area contributed by atoms with Crippen LogP contribution in [0.1, 0.15) is 19.3 Å². The van der Waals surface area contributed by atoms with Gasteiger partial charge in [0.05, 0.1) is 6.10 Å². The summed E-state index contributed by atoms with van der Waals surface area (Å²) in [5.41, 5.74) is 0. The Hall–Kier alpha value is 0.160. The minimum absolute atomic E-state index is 0.0000231. The number of alkyl halides is 5. The van der Waals surface area contributed by atoms with Crippen LogP contribution in [0.15, 0.2) is 0 Å². The van der Waals surface area contributed by atoms with Crippen molar-refractivity contribution in [3.05, 3.63) is 0 Å². The molecule has 2 aliphatic rings. The van der Waals surface area contributed by atoms with E-state index >= 15 is 0 Å². The maximum Gasteiger partial charge on any atom is 0.363 e. The summed E-state index contributed by atoms with van der Waals surface area (Å²) in [6, 6.07) is 0. The lowest BCUT2D eigenvalue weighted by molar-refractivity contribution is -0.194. The van der Waals surface area contributed by atoms with Crippen molar-refractivity contribution in [2.75, 3.05) is 0 Å². The van der Waals surface area contributed by atoms with Gasteiger partial charge in [0.15, 0.2) is 0 Å². The van der Waals surface area contributed by atoms with Gasteiger partial charge in [-0.2, -0.15) is 17.6 Å². The summed E-state index contributed by atoms with van der Waals surface area (Å²) in [7, 11) is 0. The highest BCUT2D eigenvalue weighted by Crippen LogP contribution is 2.58. The summed E-state index contributed by atoms with van der Waals surface area (Å²) in [6.07, 6.45) is 0.101. The molecule has 88 valence electrons. The second-order valence-electron chi connectivity index (χ2n) is 4.52. The zero-order valence-electron chi connectivity index (χ0n) is 7.77. The first kappa shape index (κ1) is 11.6. The monoisotopic (exact) mass is 290 g/mol. The van der Waals surface area contributed by atoms with Crippen LogP contribution in [0.25, 0.3) is 0 Å². The molecule has 1 nitrogen and oxygen atoms in total. The minimum atomic E-state index is -4.15. The Morgan fingerprint density at radius 3 is 1.93 bits per heavy atom. The highest BCUT2D eigenvalue weighted by atomic mass is 79.9. The molecule has 1 N–H and O–H groups in total. The van der Waals surface area contributed by atoms with Gasteiger partial charge < -0.3 is 5.11 Å². The van der Waals surface area contributed by atoms with Crippen molar-refractivity contribution in [3.63, 3.8) is 0 Å². The quantitative estimate of drug-likeness (QED) is 0.612. The van der Waals surface area contributed by atoms with Crippen LogP contribution in [0, 0.1) is 17.8 Å². The van der Waals surface area contributed by atoms with Crippen molar-refractivity contribution in [1.29, 1.82) is 0 Å². The molecule has 2 aliphatic carbocycles.